The van der Waals surface area contributed by atoms with Crippen LogP contribution in [0.4, 0.5) is 11.4 Å². The quantitative estimate of drug-likeness (QED) is 0.349. The maximum Gasteiger partial charge on any atom is 0.264 e. The molecule has 3 aromatic rings. The molecule has 2 amide bonds. The first-order valence-corrected chi connectivity index (χ1v) is 13.1. The van der Waals surface area contributed by atoms with Crippen LogP contribution in [-0.4, -0.2) is 54.1 Å². The van der Waals surface area contributed by atoms with Crippen LogP contribution in [0.15, 0.2) is 77.7 Å². The van der Waals surface area contributed by atoms with Crippen LogP contribution in [0, 0.1) is 6.92 Å². The van der Waals surface area contributed by atoms with Gasteiger partial charge in [0.2, 0.25) is 5.91 Å². The summed E-state index contributed by atoms with van der Waals surface area (Å²) >= 11 is 0. The molecule has 0 bridgehead atoms. The van der Waals surface area contributed by atoms with Crippen molar-refractivity contribution in [1.29, 1.82) is 0 Å². The molecular formula is C27H31N3O6S. The lowest BCUT2D eigenvalue weighted by atomic mass is 10.1. The van der Waals surface area contributed by atoms with Gasteiger partial charge in [-0.15, -0.1) is 0 Å². The predicted octanol–water partition coefficient (Wildman–Crippen LogP) is 3.60. The van der Waals surface area contributed by atoms with E-state index in [0.717, 1.165) is 9.87 Å². The predicted molar refractivity (Wildman–Crippen MR) is 143 cm³/mol. The molecule has 3 aromatic carbocycles. The monoisotopic (exact) mass is 525 g/mol. The average Bonchev–Trinajstić information content (AvgIpc) is 2.90. The molecule has 0 saturated carbocycles. The summed E-state index contributed by atoms with van der Waals surface area (Å²) in [5.74, 6) is -0.683. The first kappa shape index (κ1) is 27.7. The fraction of sp³-hybridized carbons (Fsp3) is 0.259. The molecule has 0 atom stereocenters. The maximum absolute atomic E-state index is 13.7. The third-order valence-electron chi connectivity index (χ3n) is 5.48. The number of rotatable bonds is 12. The molecule has 0 saturated heterocycles. The molecule has 0 fully saturated rings. The molecule has 0 heterocycles. The van der Waals surface area contributed by atoms with E-state index < -0.39 is 22.5 Å². The van der Waals surface area contributed by atoms with E-state index in [1.807, 2.05) is 6.92 Å². The Morgan fingerprint density at radius 3 is 2.35 bits per heavy atom. The summed E-state index contributed by atoms with van der Waals surface area (Å²) in [4.78, 5) is 25.9. The Balaban J connectivity index is 1.91. The number of hydrogen-bond donors (Lipinski definition) is 2. The topological polar surface area (TPSA) is 114 Å². The van der Waals surface area contributed by atoms with Crippen LogP contribution in [0.2, 0.25) is 0 Å². The van der Waals surface area contributed by atoms with E-state index in [2.05, 4.69) is 10.6 Å². The van der Waals surface area contributed by atoms with Crippen LogP contribution >= 0.6 is 0 Å². The molecule has 37 heavy (non-hydrogen) atoms. The Hall–Kier alpha value is -3.89. The summed E-state index contributed by atoms with van der Waals surface area (Å²) < 4.78 is 38.7. The number of carbonyl (C=O) groups is 2. The van der Waals surface area contributed by atoms with Gasteiger partial charge in [-0.05, 0) is 55.3 Å². The minimum Gasteiger partial charge on any atom is -0.495 e. The number of aryl methyl sites for hydroxylation is 1. The number of benzene rings is 3. The largest absolute Gasteiger partial charge is 0.495 e. The van der Waals surface area contributed by atoms with Crippen LogP contribution in [0.1, 0.15) is 22.3 Å². The fourth-order valence-corrected chi connectivity index (χ4v) is 5.08. The number of amides is 2. The van der Waals surface area contributed by atoms with Crippen molar-refractivity contribution in [1.82, 2.24) is 5.32 Å². The van der Waals surface area contributed by atoms with E-state index in [0.29, 0.717) is 25.3 Å². The molecule has 0 aromatic heterocycles. The fourth-order valence-electron chi connectivity index (χ4n) is 3.64. The lowest BCUT2D eigenvalue weighted by molar-refractivity contribution is -0.114. The van der Waals surface area contributed by atoms with Gasteiger partial charge < -0.3 is 20.1 Å². The van der Waals surface area contributed by atoms with Gasteiger partial charge in [-0.25, -0.2) is 8.42 Å². The van der Waals surface area contributed by atoms with Crippen LogP contribution in [0.25, 0.3) is 0 Å². The van der Waals surface area contributed by atoms with Crippen molar-refractivity contribution in [2.24, 2.45) is 0 Å². The van der Waals surface area contributed by atoms with Crippen molar-refractivity contribution in [2.75, 3.05) is 43.5 Å². The molecular weight excluding hydrogens is 494 g/mol. The third kappa shape index (κ3) is 7.08. The normalized spacial score (nSPS) is 11.0. The van der Waals surface area contributed by atoms with Crippen molar-refractivity contribution in [3.8, 4) is 5.75 Å². The molecule has 196 valence electrons. The summed E-state index contributed by atoms with van der Waals surface area (Å²) in [5, 5.41) is 5.49. The number of nitrogens with zero attached hydrogens (tertiary/aromatic N) is 1. The zero-order valence-corrected chi connectivity index (χ0v) is 21.9. The molecule has 0 aliphatic heterocycles. The molecule has 0 aliphatic rings. The number of nitrogens with one attached hydrogen (secondary N) is 2. The lowest BCUT2D eigenvalue weighted by Gasteiger charge is -2.26. The van der Waals surface area contributed by atoms with Gasteiger partial charge in [-0.3, -0.25) is 13.9 Å². The van der Waals surface area contributed by atoms with Crippen molar-refractivity contribution < 1.29 is 27.5 Å². The van der Waals surface area contributed by atoms with Crippen molar-refractivity contribution in [2.45, 2.75) is 18.2 Å². The second kappa shape index (κ2) is 12.9. The highest BCUT2D eigenvalue weighted by Crippen LogP contribution is 2.33. The molecule has 9 nitrogen and oxygen atoms in total. The van der Waals surface area contributed by atoms with E-state index in [1.54, 1.807) is 67.8 Å². The average molecular weight is 526 g/mol. The molecule has 2 N–H and O–H groups in total. The Morgan fingerprint density at radius 2 is 1.65 bits per heavy atom. The van der Waals surface area contributed by atoms with E-state index in [1.165, 1.54) is 19.2 Å². The summed E-state index contributed by atoms with van der Waals surface area (Å²) in [7, 11) is -1.12. The minimum atomic E-state index is -4.13. The first-order valence-electron chi connectivity index (χ1n) is 11.7. The highest BCUT2D eigenvalue weighted by atomic mass is 32.2. The van der Waals surface area contributed by atoms with Gasteiger partial charge in [0, 0.05) is 20.3 Å². The number of hydrogen-bond acceptors (Lipinski definition) is 6. The maximum atomic E-state index is 13.7. The number of carbonyl (C=O) groups excluding carboxylic acids is 2. The van der Waals surface area contributed by atoms with Crippen LogP contribution in [0.5, 0.6) is 5.75 Å². The standard InChI is InChI=1S/C27H31N3O6S/c1-20-14-15-25(36-3)24(18-20)30(37(33,34)21-10-5-4-6-11-21)19-26(31)29-23-13-8-7-12-22(23)27(32)28-16-9-17-35-2/h4-8,10-15,18H,9,16-17,19H2,1-3H3,(H,28,32)(H,29,31). The highest BCUT2D eigenvalue weighted by Gasteiger charge is 2.30. The first-order chi connectivity index (χ1) is 17.8. The van der Waals surface area contributed by atoms with Gasteiger partial charge in [0.1, 0.15) is 12.3 Å². The molecule has 0 aliphatic carbocycles. The number of ether oxygens (including phenoxy) is 2. The summed E-state index contributed by atoms with van der Waals surface area (Å²) in [6.07, 6.45) is 0.640. The second-order valence-electron chi connectivity index (χ2n) is 8.20. The number of para-hydroxylation sites is 1. The summed E-state index contributed by atoms with van der Waals surface area (Å²) in [6.45, 7) is 2.19. The van der Waals surface area contributed by atoms with E-state index in [9.17, 15) is 18.0 Å². The zero-order valence-electron chi connectivity index (χ0n) is 21.1. The number of sulfonamides is 1. The minimum absolute atomic E-state index is 0.0298. The van der Waals surface area contributed by atoms with E-state index in [4.69, 9.17) is 9.47 Å². The van der Waals surface area contributed by atoms with Gasteiger partial charge in [0.15, 0.2) is 0 Å². The lowest BCUT2D eigenvalue weighted by Crippen LogP contribution is -2.38. The summed E-state index contributed by atoms with van der Waals surface area (Å²) in [6, 6.07) is 19.5. The Morgan fingerprint density at radius 1 is 0.946 bits per heavy atom. The number of methoxy groups -OCH3 is 2. The van der Waals surface area contributed by atoms with Crippen molar-refractivity contribution in [3.63, 3.8) is 0 Å². The third-order valence-corrected chi connectivity index (χ3v) is 7.25. The Bertz CT molecular complexity index is 1330. The van der Waals surface area contributed by atoms with Crippen molar-refractivity contribution in [3.05, 3.63) is 83.9 Å². The summed E-state index contributed by atoms with van der Waals surface area (Å²) in [5.41, 5.74) is 1.55. The van der Waals surface area contributed by atoms with Gasteiger partial charge in [-0.2, -0.15) is 0 Å². The van der Waals surface area contributed by atoms with Gasteiger partial charge in [-0.1, -0.05) is 36.4 Å². The van der Waals surface area contributed by atoms with E-state index >= 15 is 0 Å². The second-order valence-corrected chi connectivity index (χ2v) is 10.1. The zero-order chi connectivity index (χ0) is 26.8. The molecule has 0 unspecified atom stereocenters. The van der Waals surface area contributed by atoms with Crippen molar-refractivity contribution >= 4 is 33.2 Å². The van der Waals surface area contributed by atoms with E-state index in [-0.39, 0.29) is 27.7 Å². The SMILES string of the molecule is COCCCNC(=O)c1ccccc1NC(=O)CN(c1cc(C)ccc1OC)S(=O)(=O)c1ccccc1. The Kier molecular flexibility index (Phi) is 9.64. The Labute approximate surface area is 217 Å². The van der Waals surface area contributed by atoms with Crippen LogP contribution in [-0.2, 0) is 19.6 Å². The van der Waals surface area contributed by atoms with Gasteiger partial charge >= 0.3 is 0 Å². The smallest absolute Gasteiger partial charge is 0.264 e. The van der Waals surface area contributed by atoms with Gasteiger partial charge in [0.05, 0.1) is 28.9 Å². The molecule has 10 heteroatoms. The highest BCUT2D eigenvalue weighted by molar-refractivity contribution is 7.92. The molecule has 3 rings (SSSR count). The van der Waals surface area contributed by atoms with Gasteiger partial charge in [0.25, 0.3) is 15.9 Å². The van der Waals surface area contributed by atoms with Crippen LogP contribution < -0.4 is 19.7 Å². The number of anilines is 2. The molecule has 0 radical (unpaired) electrons. The molecule has 0 spiro atoms. The van der Waals surface area contributed by atoms with Crippen LogP contribution in [0.3, 0.4) is 0 Å².